The van der Waals surface area contributed by atoms with Crippen LogP contribution in [0.4, 0.5) is 0 Å². The molecule has 6 nitrogen and oxygen atoms in total. The van der Waals surface area contributed by atoms with Gasteiger partial charge in [0.15, 0.2) is 0 Å². The second-order valence-electron chi connectivity index (χ2n) is 7.86. The molecule has 2 aromatic heterocycles. The summed E-state index contributed by atoms with van der Waals surface area (Å²) in [6.07, 6.45) is 4.41. The van der Waals surface area contributed by atoms with Crippen molar-refractivity contribution in [1.29, 1.82) is 0 Å². The molecular formula is C23H28N4O2. The smallest absolute Gasteiger partial charge is 0.128 e. The van der Waals surface area contributed by atoms with E-state index in [1.165, 1.54) is 23.9 Å². The molecule has 0 atom stereocenters. The van der Waals surface area contributed by atoms with Gasteiger partial charge in [-0.05, 0) is 49.4 Å². The highest BCUT2D eigenvalue weighted by Gasteiger charge is 2.28. The lowest BCUT2D eigenvalue weighted by molar-refractivity contribution is 0.0323. The maximum Gasteiger partial charge on any atom is 0.128 e. The maximum absolute atomic E-state index is 6.21. The Bertz CT molecular complexity index is 990. The third-order valence-corrected chi connectivity index (χ3v) is 5.88. The molecule has 3 heterocycles. The number of benzene rings is 1. The van der Waals surface area contributed by atoms with Gasteiger partial charge in [-0.25, -0.2) is 4.98 Å². The number of para-hydroxylation sites is 1. The van der Waals surface area contributed by atoms with E-state index in [0.29, 0.717) is 12.5 Å². The van der Waals surface area contributed by atoms with Gasteiger partial charge < -0.3 is 9.47 Å². The fraction of sp³-hybridized carbons (Fsp3) is 0.478. The van der Waals surface area contributed by atoms with Crippen LogP contribution in [-0.2, 0) is 11.3 Å². The van der Waals surface area contributed by atoms with Gasteiger partial charge in [0.2, 0.25) is 0 Å². The van der Waals surface area contributed by atoms with Crippen LogP contribution in [0.5, 0.6) is 5.75 Å². The monoisotopic (exact) mass is 392 g/mol. The summed E-state index contributed by atoms with van der Waals surface area (Å²) in [4.78, 5) is 7.34. The van der Waals surface area contributed by atoms with E-state index in [9.17, 15) is 0 Å². The Labute approximate surface area is 171 Å². The van der Waals surface area contributed by atoms with Crippen LogP contribution in [0.2, 0.25) is 0 Å². The fourth-order valence-electron chi connectivity index (χ4n) is 4.13. The first-order chi connectivity index (χ1) is 14.3. The SMILES string of the molecule is CCn1ncc2nc(-c3ccccc3OCCN3CCOCC3)cc(C3CC3)c21. The second-order valence-corrected chi connectivity index (χ2v) is 7.86. The molecule has 152 valence electrons. The molecule has 3 aromatic rings. The van der Waals surface area contributed by atoms with Crippen LogP contribution in [0.3, 0.4) is 0 Å². The molecular weight excluding hydrogens is 364 g/mol. The number of hydrogen-bond acceptors (Lipinski definition) is 5. The molecule has 2 aliphatic rings. The molecule has 1 saturated carbocycles. The molecule has 0 N–H and O–H groups in total. The molecule has 0 unspecified atom stereocenters. The number of fused-ring (bicyclic) bond motifs is 1. The van der Waals surface area contributed by atoms with Gasteiger partial charge >= 0.3 is 0 Å². The number of hydrogen-bond donors (Lipinski definition) is 0. The molecule has 1 aromatic carbocycles. The molecule has 0 spiro atoms. The van der Waals surface area contributed by atoms with Gasteiger partial charge in [-0.2, -0.15) is 5.10 Å². The number of rotatable bonds is 7. The van der Waals surface area contributed by atoms with E-state index in [1.54, 1.807) is 0 Å². The van der Waals surface area contributed by atoms with Gasteiger partial charge in [-0.15, -0.1) is 0 Å². The van der Waals surface area contributed by atoms with Gasteiger partial charge in [-0.3, -0.25) is 9.58 Å². The Morgan fingerprint density at radius 3 is 2.79 bits per heavy atom. The number of aryl methyl sites for hydroxylation is 1. The van der Waals surface area contributed by atoms with Crippen molar-refractivity contribution in [3.8, 4) is 17.0 Å². The van der Waals surface area contributed by atoms with Crippen LogP contribution in [0, 0.1) is 0 Å². The summed E-state index contributed by atoms with van der Waals surface area (Å²) in [5, 5.41) is 4.55. The molecule has 0 radical (unpaired) electrons. The standard InChI is InChI=1S/C23H28N4O2/c1-2-27-23-19(17-7-8-17)15-20(25-21(23)16-24-27)18-5-3-4-6-22(18)29-14-11-26-9-12-28-13-10-26/h3-6,15-17H,2,7-14H2,1H3. The fourth-order valence-corrected chi connectivity index (χ4v) is 4.13. The summed E-state index contributed by atoms with van der Waals surface area (Å²) in [5.74, 6) is 1.54. The zero-order valence-electron chi connectivity index (χ0n) is 17.0. The van der Waals surface area contributed by atoms with Crippen LogP contribution in [-0.4, -0.2) is 59.1 Å². The first kappa shape index (κ1) is 18.6. The van der Waals surface area contributed by atoms with E-state index in [0.717, 1.165) is 61.9 Å². The van der Waals surface area contributed by atoms with E-state index in [2.05, 4.69) is 39.8 Å². The number of pyridine rings is 1. The van der Waals surface area contributed by atoms with Gasteiger partial charge in [0.25, 0.3) is 0 Å². The third kappa shape index (κ3) is 3.87. The molecule has 1 aliphatic carbocycles. The van der Waals surface area contributed by atoms with Crippen molar-refractivity contribution < 1.29 is 9.47 Å². The minimum Gasteiger partial charge on any atom is -0.492 e. The van der Waals surface area contributed by atoms with E-state index in [-0.39, 0.29) is 0 Å². The van der Waals surface area contributed by atoms with Crippen molar-refractivity contribution in [2.75, 3.05) is 39.5 Å². The van der Waals surface area contributed by atoms with Crippen molar-refractivity contribution >= 4 is 11.0 Å². The highest BCUT2D eigenvalue weighted by Crippen LogP contribution is 2.44. The first-order valence-corrected chi connectivity index (χ1v) is 10.7. The van der Waals surface area contributed by atoms with E-state index in [1.807, 2.05) is 18.3 Å². The lowest BCUT2D eigenvalue weighted by Gasteiger charge is -2.26. The van der Waals surface area contributed by atoms with Gasteiger partial charge in [-0.1, -0.05) is 12.1 Å². The Hall–Kier alpha value is -2.44. The number of ether oxygens (including phenoxy) is 2. The minimum absolute atomic E-state index is 0.635. The van der Waals surface area contributed by atoms with E-state index in [4.69, 9.17) is 14.5 Å². The van der Waals surface area contributed by atoms with Crippen molar-refractivity contribution in [3.63, 3.8) is 0 Å². The van der Waals surface area contributed by atoms with Crippen molar-refractivity contribution in [1.82, 2.24) is 19.7 Å². The number of aromatic nitrogens is 3. The van der Waals surface area contributed by atoms with Crippen molar-refractivity contribution in [2.24, 2.45) is 0 Å². The van der Waals surface area contributed by atoms with E-state index >= 15 is 0 Å². The Morgan fingerprint density at radius 1 is 1.17 bits per heavy atom. The summed E-state index contributed by atoms with van der Waals surface area (Å²) in [5.41, 5.74) is 5.60. The van der Waals surface area contributed by atoms with Crippen LogP contribution in [0.1, 0.15) is 31.2 Å². The second kappa shape index (κ2) is 8.13. The molecule has 1 saturated heterocycles. The molecule has 0 bridgehead atoms. The number of nitrogens with zero attached hydrogens (tertiary/aromatic N) is 4. The van der Waals surface area contributed by atoms with Gasteiger partial charge in [0, 0.05) is 31.7 Å². The Kier molecular flexibility index (Phi) is 5.21. The molecule has 2 fully saturated rings. The molecule has 6 heteroatoms. The predicted octanol–water partition coefficient (Wildman–Crippen LogP) is 3.71. The first-order valence-electron chi connectivity index (χ1n) is 10.7. The van der Waals surface area contributed by atoms with Crippen molar-refractivity contribution in [3.05, 3.63) is 42.1 Å². The third-order valence-electron chi connectivity index (χ3n) is 5.88. The quantitative estimate of drug-likeness (QED) is 0.614. The molecule has 29 heavy (non-hydrogen) atoms. The summed E-state index contributed by atoms with van der Waals surface area (Å²) in [6, 6.07) is 10.5. The normalized spacial score (nSPS) is 17.7. The van der Waals surface area contributed by atoms with Gasteiger partial charge in [0.1, 0.15) is 17.9 Å². The summed E-state index contributed by atoms with van der Waals surface area (Å²) in [7, 11) is 0. The van der Waals surface area contributed by atoms with Crippen LogP contribution >= 0.6 is 0 Å². The Balaban J connectivity index is 1.42. The van der Waals surface area contributed by atoms with Crippen LogP contribution in [0.25, 0.3) is 22.3 Å². The van der Waals surface area contributed by atoms with Gasteiger partial charge in [0.05, 0.1) is 30.6 Å². The summed E-state index contributed by atoms with van der Waals surface area (Å²) >= 11 is 0. The molecule has 5 rings (SSSR count). The summed E-state index contributed by atoms with van der Waals surface area (Å²) < 4.78 is 13.7. The Morgan fingerprint density at radius 2 is 2.00 bits per heavy atom. The molecule has 1 aliphatic heterocycles. The van der Waals surface area contributed by atoms with Crippen LogP contribution < -0.4 is 4.74 Å². The predicted molar refractivity (Wildman–Crippen MR) is 113 cm³/mol. The minimum atomic E-state index is 0.635. The lowest BCUT2D eigenvalue weighted by Crippen LogP contribution is -2.38. The topological polar surface area (TPSA) is 52.4 Å². The van der Waals surface area contributed by atoms with E-state index < -0.39 is 0 Å². The van der Waals surface area contributed by atoms with Crippen molar-refractivity contribution in [2.45, 2.75) is 32.2 Å². The highest BCUT2D eigenvalue weighted by molar-refractivity contribution is 5.84. The number of morpholine rings is 1. The average molecular weight is 393 g/mol. The largest absolute Gasteiger partial charge is 0.492 e. The zero-order valence-corrected chi connectivity index (χ0v) is 17.0. The van der Waals surface area contributed by atoms with Crippen LogP contribution in [0.15, 0.2) is 36.5 Å². The highest BCUT2D eigenvalue weighted by atomic mass is 16.5. The lowest BCUT2D eigenvalue weighted by atomic mass is 10.0. The molecule has 0 amide bonds. The maximum atomic E-state index is 6.21. The average Bonchev–Trinajstić information content (AvgIpc) is 3.53. The summed E-state index contributed by atoms with van der Waals surface area (Å²) in [6.45, 7) is 8.18. The zero-order chi connectivity index (χ0) is 19.6.